The van der Waals surface area contributed by atoms with E-state index in [9.17, 15) is 0 Å². The molecule has 0 bridgehead atoms. The average Bonchev–Trinajstić information content (AvgIpc) is 2.85. The van der Waals surface area contributed by atoms with Crippen molar-refractivity contribution in [2.24, 2.45) is 11.1 Å². The van der Waals surface area contributed by atoms with Crippen molar-refractivity contribution in [2.75, 3.05) is 0 Å². The minimum Gasteiger partial charge on any atom is -0.325 e. The lowest BCUT2D eigenvalue weighted by molar-refractivity contribution is 0.213. The molecule has 1 aromatic heterocycles. The third-order valence-corrected chi connectivity index (χ3v) is 4.36. The van der Waals surface area contributed by atoms with Gasteiger partial charge < -0.3 is 10.3 Å². The van der Waals surface area contributed by atoms with E-state index in [1.165, 1.54) is 17.5 Å². The fourth-order valence-electron chi connectivity index (χ4n) is 3.29. The molecule has 1 atom stereocenters. The van der Waals surface area contributed by atoms with Crippen molar-refractivity contribution in [3.8, 4) is 0 Å². The summed E-state index contributed by atoms with van der Waals surface area (Å²) in [5.74, 6) is 0. The van der Waals surface area contributed by atoms with E-state index in [4.69, 9.17) is 5.73 Å². The molecule has 3 rings (SSSR count). The zero-order valence-corrected chi connectivity index (χ0v) is 11.6. The first kappa shape index (κ1) is 12.4. The number of hydrogen-bond acceptors (Lipinski definition) is 2. The van der Waals surface area contributed by atoms with Crippen LogP contribution < -0.4 is 5.73 Å². The van der Waals surface area contributed by atoms with Gasteiger partial charge in [-0.3, -0.25) is 0 Å². The summed E-state index contributed by atoms with van der Waals surface area (Å²) in [6, 6.07) is 9.09. The summed E-state index contributed by atoms with van der Waals surface area (Å²) in [5, 5.41) is 0. The lowest BCUT2D eigenvalue weighted by Crippen LogP contribution is -2.34. The predicted octanol–water partition coefficient (Wildman–Crippen LogP) is 2.90. The first-order valence-corrected chi connectivity index (χ1v) is 6.92. The number of nitrogens with two attached hydrogens (primary N) is 1. The minimum absolute atomic E-state index is 0.221. The van der Waals surface area contributed by atoms with Crippen molar-refractivity contribution in [1.29, 1.82) is 0 Å². The highest BCUT2D eigenvalue weighted by molar-refractivity contribution is 5.35. The maximum Gasteiger partial charge on any atom is 0.0954 e. The molecule has 100 valence electrons. The first-order valence-electron chi connectivity index (χ1n) is 6.92. The Morgan fingerprint density at radius 3 is 2.95 bits per heavy atom. The maximum absolute atomic E-state index is 5.85. The highest BCUT2D eigenvalue weighted by Gasteiger charge is 2.37. The van der Waals surface area contributed by atoms with Gasteiger partial charge in [0, 0.05) is 12.7 Å². The molecule has 0 saturated carbocycles. The third-order valence-electron chi connectivity index (χ3n) is 4.36. The lowest BCUT2D eigenvalue weighted by atomic mass is 9.70. The zero-order chi connectivity index (χ0) is 13.5. The van der Waals surface area contributed by atoms with Crippen LogP contribution >= 0.6 is 0 Å². The Morgan fingerprint density at radius 2 is 2.16 bits per heavy atom. The number of hydrogen-bond donors (Lipinski definition) is 1. The number of imidazole rings is 1. The quantitative estimate of drug-likeness (QED) is 0.896. The maximum atomic E-state index is 5.85. The van der Waals surface area contributed by atoms with E-state index in [1.807, 2.05) is 12.5 Å². The fourth-order valence-corrected chi connectivity index (χ4v) is 3.29. The topological polar surface area (TPSA) is 43.8 Å². The van der Waals surface area contributed by atoms with Crippen LogP contribution in [-0.4, -0.2) is 9.55 Å². The molecule has 0 saturated heterocycles. The Kier molecular flexibility index (Phi) is 2.94. The number of aryl methyl sites for hydroxylation is 1. The molecule has 1 unspecified atom stereocenters. The molecule has 3 nitrogen and oxygen atoms in total. The molecule has 1 aromatic carbocycles. The van der Waals surface area contributed by atoms with Crippen LogP contribution in [0.2, 0.25) is 0 Å². The van der Waals surface area contributed by atoms with Gasteiger partial charge in [-0.25, -0.2) is 4.98 Å². The monoisotopic (exact) mass is 255 g/mol. The van der Waals surface area contributed by atoms with E-state index in [1.54, 1.807) is 0 Å². The molecule has 0 amide bonds. The Morgan fingerprint density at radius 1 is 1.37 bits per heavy atom. The number of nitrogens with zero attached hydrogens (tertiary/aromatic N) is 2. The Bertz CT molecular complexity index is 583. The van der Waals surface area contributed by atoms with Crippen molar-refractivity contribution in [3.05, 3.63) is 53.6 Å². The molecular weight excluding hydrogens is 234 g/mol. The molecular formula is C16H21N3. The van der Waals surface area contributed by atoms with Crippen molar-refractivity contribution in [1.82, 2.24) is 9.55 Å². The fraction of sp³-hybridized carbons (Fsp3) is 0.438. The van der Waals surface area contributed by atoms with E-state index in [-0.39, 0.29) is 5.41 Å². The summed E-state index contributed by atoms with van der Waals surface area (Å²) in [7, 11) is 0. The molecule has 1 heterocycles. The molecule has 2 aromatic rings. The Hall–Kier alpha value is -1.61. The van der Waals surface area contributed by atoms with Crippen LogP contribution in [0.25, 0.3) is 0 Å². The molecule has 3 heteroatoms. The summed E-state index contributed by atoms with van der Waals surface area (Å²) in [6.45, 7) is 5.22. The van der Waals surface area contributed by atoms with Crippen LogP contribution in [-0.2, 0) is 13.0 Å². The first-order chi connectivity index (χ1) is 9.13. The van der Waals surface area contributed by atoms with Gasteiger partial charge >= 0.3 is 0 Å². The summed E-state index contributed by atoms with van der Waals surface area (Å²) in [4.78, 5) is 4.29. The van der Waals surface area contributed by atoms with Crippen molar-refractivity contribution < 1.29 is 0 Å². The van der Waals surface area contributed by atoms with Gasteiger partial charge in [0.2, 0.25) is 0 Å². The van der Waals surface area contributed by atoms with Crippen molar-refractivity contribution in [3.63, 3.8) is 0 Å². The molecule has 0 spiro atoms. The van der Waals surface area contributed by atoms with E-state index in [0.29, 0.717) is 12.6 Å². The second kappa shape index (κ2) is 4.49. The van der Waals surface area contributed by atoms with Gasteiger partial charge in [-0.15, -0.1) is 0 Å². The number of fused-ring (bicyclic) bond motifs is 1. The highest BCUT2D eigenvalue weighted by Crippen LogP contribution is 2.46. The van der Waals surface area contributed by atoms with Crippen LogP contribution in [0.15, 0.2) is 36.8 Å². The lowest BCUT2D eigenvalue weighted by Gasteiger charge is -2.41. The minimum atomic E-state index is 0.221. The summed E-state index contributed by atoms with van der Waals surface area (Å²) in [6.07, 6.45) is 6.16. The SMILES string of the molecule is CC1(C)CCc2ccccc2C1n1cncc1CN. The number of rotatable bonds is 2. The van der Waals surface area contributed by atoms with Crippen molar-refractivity contribution in [2.45, 2.75) is 39.3 Å². The standard InChI is InChI=1S/C16H21N3/c1-16(2)8-7-12-5-3-4-6-14(12)15(16)19-11-18-10-13(19)9-17/h3-6,10-11,15H,7-9,17H2,1-2H3. The van der Waals surface area contributed by atoms with Crippen LogP contribution in [0.1, 0.15) is 43.1 Å². The van der Waals surface area contributed by atoms with Crippen LogP contribution in [0.3, 0.4) is 0 Å². The number of benzene rings is 1. The molecule has 2 N–H and O–H groups in total. The Labute approximate surface area is 114 Å². The number of aromatic nitrogens is 2. The molecule has 0 fully saturated rings. The second-order valence-corrected chi connectivity index (χ2v) is 6.09. The zero-order valence-electron chi connectivity index (χ0n) is 11.6. The largest absolute Gasteiger partial charge is 0.325 e. The molecule has 0 aliphatic heterocycles. The smallest absolute Gasteiger partial charge is 0.0954 e. The predicted molar refractivity (Wildman–Crippen MR) is 76.8 cm³/mol. The van der Waals surface area contributed by atoms with Gasteiger partial charge in [0.05, 0.1) is 18.1 Å². The normalized spacial score (nSPS) is 21.1. The molecule has 0 radical (unpaired) electrons. The highest BCUT2D eigenvalue weighted by atomic mass is 15.1. The van der Waals surface area contributed by atoms with Crippen LogP contribution in [0.4, 0.5) is 0 Å². The summed E-state index contributed by atoms with van der Waals surface area (Å²) >= 11 is 0. The van der Waals surface area contributed by atoms with E-state index in [0.717, 1.165) is 12.1 Å². The van der Waals surface area contributed by atoms with Crippen LogP contribution in [0.5, 0.6) is 0 Å². The second-order valence-electron chi connectivity index (χ2n) is 6.09. The molecule has 1 aliphatic carbocycles. The summed E-state index contributed by atoms with van der Waals surface area (Å²) in [5.41, 5.74) is 10.1. The van der Waals surface area contributed by atoms with Gasteiger partial charge in [0.1, 0.15) is 0 Å². The van der Waals surface area contributed by atoms with E-state index in [2.05, 4.69) is 47.7 Å². The van der Waals surface area contributed by atoms with Crippen LogP contribution in [0, 0.1) is 5.41 Å². The summed E-state index contributed by atoms with van der Waals surface area (Å²) < 4.78 is 2.26. The Balaban J connectivity index is 2.17. The van der Waals surface area contributed by atoms with Gasteiger partial charge in [0.25, 0.3) is 0 Å². The third kappa shape index (κ3) is 1.98. The average molecular weight is 255 g/mol. The van der Waals surface area contributed by atoms with E-state index < -0.39 is 0 Å². The van der Waals surface area contributed by atoms with Gasteiger partial charge in [-0.05, 0) is 29.4 Å². The molecule has 19 heavy (non-hydrogen) atoms. The van der Waals surface area contributed by atoms with Gasteiger partial charge in [0.15, 0.2) is 0 Å². The molecule has 1 aliphatic rings. The van der Waals surface area contributed by atoms with Gasteiger partial charge in [-0.2, -0.15) is 0 Å². The van der Waals surface area contributed by atoms with E-state index >= 15 is 0 Å². The van der Waals surface area contributed by atoms with Crippen molar-refractivity contribution >= 4 is 0 Å². The van der Waals surface area contributed by atoms with Gasteiger partial charge in [-0.1, -0.05) is 38.1 Å².